The highest BCUT2D eigenvalue weighted by Crippen LogP contribution is 2.53. The third kappa shape index (κ3) is 3.61. The topological polar surface area (TPSA) is 143 Å². The maximum absolute atomic E-state index is 13.1. The van der Waals surface area contributed by atoms with E-state index in [1.54, 1.807) is 17.0 Å². The summed E-state index contributed by atoms with van der Waals surface area (Å²) in [4.78, 5) is 66.4. The Kier molecular flexibility index (Phi) is 5.72. The van der Waals surface area contributed by atoms with E-state index in [1.807, 2.05) is 0 Å². The number of thiazole rings is 1. The van der Waals surface area contributed by atoms with Crippen molar-refractivity contribution < 1.29 is 24.3 Å². The third-order valence-electron chi connectivity index (χ3n) is 6.52. The molecular weight excluding hydrogens is 480 g/mol. The molecule has 3 aliphatic rings. The Bertz CT molecular complexity index is 1250. The second-order valence-corrected chi connectivity index (χ2v) is 10.7. The molecule has 3 aliphatic heterocycles. The molecule has 178 valence electrons. The lowest BCUT2D eigenvalue weighted by molar-refractivity contribution is -0.136. The predicted molar refractivity (Wildman–Crippen MR) is 124 cm³/mol. The number of primary amides is 1. The van der Waals surface area contributed by atoms with Gasteiger partial charge in [0.2, 0.25) is 11.8 Å². The number of amides is 5. The quantitative estimate of drug-likeness (QED) is 0.602. The number of imide groups is 3. The first kappa shape index (κ1) is 22.7. The molecule has 0 aliphatic carbocycles. The van der Waals surface area contributed by atoms with Crippen LogP contribution < -0.4 is 10.6 Å². The van der Waals surface area contributed by atoms with Gasteiger partial charge >= 0.3 is 10.9 Å². The summed E-state index contributed by atoms with van der Waals surface area (Å²) in [5.41, 5.74) is 5.93. The fourth-order valence-corrected chi connectivity index (χ4v) is 7.67. The number of nitrogens with two attached hydrogens (primary N) is 1. The summed E-state index contributed by atoms with van der Waals surface area (Å²) >= 11 is 1.96. The molecule has 12 heteroatoms. The molecular formula is C22H22N4O6S2. The van der Waals surface area contributed by atoms with Crippen molar-refractivity contribution in [3.8, 4) is 5.75 Å². The van der Waals surface area contributed by atoms with Gasteiger partial charge in [-0.3, -0.25) is 23.7 Å². The molecule has 34 heavy (non-hydrogen) atoms. The third-order valence-corrected chi connectivity index (χ3v) is 9.13. The van der Waals surface area contributed by atoms with Crippen LogP contribution in [0.2, 0.25) is 0 Å². The average molecular weight is 503 g/mol. The van der Waals surface area contributed by atoms with E-state index in [0.717, 1.165) is 42.4 Å². The summed E-state index contributed by atoms with van der Waals surface area (Å²) in [6.07, 6.45) is 2.91. The molecule has 10 nitrogen and oxygen atoms in total. The number of carbonyl (C=O) groups excluding carboxylic acids is 4. The van der Waals surface area contributed by atoms with E-state index in [1.165, 1.54) is 16.7 Å². The maximum atomic E-state index is 13.1. The van der Waals surface area contributed by atoms with Crippen molar-refractivity contribution >= 4 is 46.9 Å². The minimum atomic E-state index is -1.14. The van der Waals surface area contributed by atoms with Crippen molar-refractivity contribution in [2.24, 2.45) is 11.7 Å². The number of phenolic OH excluding ortho intramolecular Hbond substituents is 1. The second kappa shape index (κ2) is 8.58. The van der Waals surface area contributed by atoms with Crippen molar-refractivity contribution in [3.63, 3.8) is 0 Å². The predicted octanol–water partition coefficient (Wildman–Crippen LogP) is 1.30. The van der Waals surface area contributed by atoms with Crippen LogP contribution >= 0.6 is 23.1 Å². The van der Waals surface area contributed by atoms with Gasteiger partial charge < -0.3 is 15.7 Å². The Morgan fingerprint density at radius 3 is 2.35 bits per heavy atom. The first-order valence-electron chi connectivity index (χ1n) is 10.9. The molecule has 1 aromatic carbocycles. The number of nitrogens with zero attached hydrogens (tertiary/aromatic N) is 3. The zero-order valence-corrected chi connectivity index (χ0v) is 19.6. The summed E-state index contributed by atoms with van der Waals surface area (Å²) < 4.78 is 1.37. The lowest BCUT2D eigenvalue weighted by atomic mass is 9.83. The van der Waals surface area contributed by atoms with E-state index in [4.69, 9.17) is 5.73 Å². The second-order valence-electron chi connectivity index (χ2n) is 8.55. The molecule has 5 amide bonds. The van der Waals surface area contributed by atoms with E-state index >= 15 is 0 Å². The summed E-state index contributed by atoms with van der Waals surface area (Å²) in [6.45, 7) is 1.14. The number of aromatic hydroxyl groups is 1. The average Bonchev–Trinajstić information content (AvgIpc) is 3.26. The number of carbonyl (C=O) groups is 4. The summed E-state index contributed by atoms with van der Waals surface area (Å²) in [5.74, 6) is -3.22. The van der Waals surface area contributed by atoms with E-state index in [9.17, 15) is 29.1 Å². The van der Waals surface area contributed by atoms with Crippen LogP contribution in [0.4, 0.5) is 4.79 Å². The lowest BCUT2D eigenvalue weighted by Gasteiger charge is -2.31. The highest BCUT2D eigenvalue weighted by atomic mass is 32.2. The molecule has 3 unspecified atom stereocenters. The van der Waals surface area contributed by atoms with Crippen LogP contribution in [0, 0.1) is 5.92 Å². The number of likely N-dealkylation sites (tertiary alicyclic amines) is 2. The largest absolute Gasteiger partial charge is 0.508 e. The Morgan fingerprint density at radius 1 is 1.03 bits per heavy atom. The molecule has 1 aromatic heterocycles. The number of urea groups is 1. The fraction of sp³-hybridized carbons (Fsp3) is 0.409. The zero-order chi connectivity index (χ0) is 24.1. The highest BCUT2D eigenvalue weighted by molar-refractivity contribution is 8.00. The monoisotopic (exact) mass is 502 g/mol. The van der Waals surface area contributed by atoms with Gasteiger partial charge in [0.1, 0.15) is 17.5 Å². The van der Waals surface area contributed by atoms with Crippen LogP contribution in [0.1, 0.15) is 35.6 Å². The number of fused-ring (bicyclic) bond motifs is 2. The van der Waals surface area contributed by atoms with Crippen molar-refractivity contribution in [3.05, 3.63) is 44.4 Å². The number of hydrogen-bond donors (Lipinski definition) is 2. The lowest BCUT2D eigenvalue weighted by Crippen LogP contribution is -2.41. The van der Waals surface area contributed by atoms with Gasteiger partial charge in [-0.2, -0.15) is 4.90 Å². The van der Waals surface area contributed by atoms with Gasteiger partial charge in [-0.25, -0.2) is 4.79 Å². The normalized spacial score (nSPS) is 24.2. The van der Waals surface area contributed by atoms with Gasteiger partial charge in [-0.1, -0.05) is 35.2 Å². The van der Waals surface area contributed by atoms with E-state index in [2.05, 4.69) is 0 Å². The van der Waals surface area contributed by atoms with E-state index in [-0.39, 0.29) is 23.1 Å². The van der Waals surface area contributed by atoms with Crippen LogP contribution in [0.3, 0.4) is 0 Å². The number of phenols is 1. The Balaban J connectivity index is 1.59. The van der Waals surface area contributed by atoms with E-state index in [0.29, 0.717) is 33.5 Å². The molecule has 4 heterocycles. The number of benzene rings is 1. The molecule has 3 atom stereocenters. The standard InChI is InChI=1S/C22H22N4O6S2/c23-21(31)26-18(29)15-14(11-4-6-12(27)7-5-11)17-20(33-16(15)19(26)30)25(22(32)34-17)10-13(28)24-8-2-1-3-9-24/h4-7,14-16,27H,1-3,8-10H2,(H2,23,31). The Hall–Kier alpha value is -3.12. The molecule has 0 spiro atoms. The van der Waals surface area contributed by atoms with Crippen LogP contribution in [-0.4, -0.2) is 61.6 Å². The van der Waals surface area contributed by atoms with Crippen molar-refractivity contribution in [2.45, 2.75) is 42.0 Å². The zero-order valence-electron chi connectivity index (χ0n) is 18.0. The molecule has 0 radical (unpaired) electrons. The van der Waals surface area contributed by atoms with Crippen LogP contribution in [-0.2, 0) is 20.9 Å². The number of thioether (sulfide) groups is 1. The smallest absolute Gasteiger partial charge is 0.328 e. The number of rotatable bonds is 3. The van der Waals surface area contributed by atoms with Crippen molar-refractivity contribution in [1.82, 2.24) is 14.4 Å². The van der Waals surface area contributed by atoms with Gasteiger partial charge in [0.15, 0.2) is 0 Å². The van der Waals surface area contributed by atoms with Crippen LogP contribution in [0.15, 0.2) is 34.1 Å². The summed E-state index contributed by atoms with van der Waals surface area (Å²) in [6, 6.07) is 5.01. The van der Waals surface area contributed by atoms with Crippen LogP contribution in [0.5, 0.6) is 5.75 Å². The Morgan fingerprint density at radius 2 is 1.71 bits per heavy atom. The van der Waals surface area contributed by atoms with Crippen molar-refractivity contribution in [1.29, 1.82) is 0 Å². The summed E-state index contributed by atoms with van der Waals surface area (Å²) in [7, 11) is 0. The van der Waals surface area contributed by atoms with Crippen LogP contribution in [0.25, 0.3) is 0 Å². The van der Waals surface area contributed by atoms with Gasteiger partial charge in [0, 0.05) is 23.9 Å². The van der Waals surface area contributed by atoms with Gasteiger partial charge in [-0.05, 0) is 37.0 Å². The summed E-state index contributed by atoms with van der Waals surface area (Å²) in [5, 5.41) is 9.22. The minimum Gasteiger partial charge on any atom is -0.508 e. The molecule has 5 rings (SSSR count). The molecule has 2 saturated heterocycles. The maximum Gasteiger partial charge on any atom is 0.328 e. The van der Waals surface area contributed by atoms with Crippen molar-refractivity contribution in [2.75, 3.05) is 13.1 Å². The molecule has 2 aromatic rings. The number of hydrogen-bond acceptors (Lipinski definition) is 8. The molecule has 2 fully saturated rings. The first-order chi connectivity index (χ1) is 16.3. The number of piperidine rings is 1. The fourth-order valence-electron chi connectivity index (χ4n) is 4.89. The van der Waals surface area contributed by atoms with Gasteiger partial charge in [0.05, 0.1) is 10.9 Å². The van der Waals surface area contributed by atoms with Gasteiger partial charge in [-0.15, -0.1) is 0 Å². The first-order valence-corrected chi connectivity index (χ1v) is 12.6. The molecule has 0 saturated carbocycles. The minimum absolute atomic E-state index is 0.0242. The molecule has 3 N–H and O–H groups in total. The molecule has 0 bridgehead atoms. The highest BCUT2D eigenvalue weighted by Gasteiger charge is 2.57. The SMILES string of the molecule is NC(=O)N1C(=O)C2Sc3c(sc(=O)n3CC(=O)N3CCCCC3)C(c3ccc(O)cc3)C2C1=O. The van der Waals surface area contributed by atoms with Gasteiger partial charge in [0.25, 0.3) is 5.91 Å². The number of aromatic nitrogens is 1. The van der Waals surface area contributed by atoms with E-state index < -0.39 is 34.9 Å². The Labute approximate surface area is 202 Å².